The highest BCUT2D eigenvalue weighted by molar-refractivity contribution is 6.28. The van der Waals surface area contributed by atoms with Crippen molar-refractivity contribution in [3.8, 4) is 5.95 Å². The van der Waals surface area contributed by atoms with E-state index in [0.717, 1.165) is 0 Å². The van der Waals surface area contributed by atoms with Crippen LogP contribution in [0.5, 0.6) is 0 Å². The second kappa shape index (κ2) is 5.45. The smallest absolute Gasteiger partial charge is 0.241 e. The highest BCUT2D eigenvalue weighted by Crippen LogP contribution is 2.22. The standard InChI is InChI=1S/C13H10ClFN6/c1-20(10-4-2-3-9(15)7-10)12-17-11(14)18-13(19-12)21-6-5-16-8-21/h2-8H,1H3. The summed E-state index contributed by atoms with van der Waals surface area (Å²) in [6, 6.07) is 6.11. The van der Waals surface area contributed by atoms with Crippen molar-refractivity contribution in [2.24, 2.45) is 0 Å². The Hall–Kier alpha value is -2.54. The maximum Gasteiger partial charge on any atom is 0.241 e. The number of hydrogen-bond donors (Lipinski definition) is 0. The normalized spacial score (nSPS) is 10.6. The van der Waals surface area contributed by atoms with Crippen LogP contribution >= 0.6 is 11.6 Å². The molecule has 0 bridgehead atoms. The van der Waals surface area contributed by atoms with Crippen LogP contribution in [0.25, 0.3) is 5.95 Å². The first kappa shape index (κ1) is 13.4. The summed E-state index contributed by atoms with van der Waals surface area (Å²) in [5, 5.41) is 0.0481. The van der Waals surface area contributed by atoms with E-state index in [-0.39, 0.29) is 11.1 Å². The predicted molar refractivity (Wildman–Crippen MR) is 76.4 cm³/mol. The van der Waals surface area contributed by atoms with Crippen molar-refractivity contribution < 1.29 is 4.39 Å². The molecule has 0 atom stereocenters. The molecule has 3 aromatic rings. The largest absolute Gasteiger partial charge is 0.313 e. The van der Waals surface area contributed by atoms with Crippen LogP contribution in [0.3, 0.4) is 0 Å². The van der Waals surface area contributed by atoms with E-state index in [1.54, 1.807) is 47.4 Å². The first-order valence-corrected chi connectivity index (χ1v) is 6.40. The third kappa shape index (κ3) is 2.82. The molecule has 0 aliphatic heterocycles. The lowest BCUT2D eigenvalue weighted by Crippen LogP contribution is -2.15. The summed E-state index contributed by atoms with van der Waals surface area (Å²) in [5.74, 6) is 0.310. The maximum absolute atomic E-state index is 13.3. The zero-order valence-corrected chi connectivity index (χ0v) is 11.7. The van der Waals surface area contributed by atoms with Gasteiger partial charge in [-0.1, -0.05) is 6.07 Å². The molecule has 106 valence electrons. The van der Waals surface area contributed by atoms with Gasteiger partial charge in [0.1, 0.15) is 12.1 Å². The summed E-state index contributed by atoms with van der Waals surface area (Å²) in [4.78, 5) is 18.0. The van der Waals surface area contributed by atoms with Crippen LogP contribution in [0.2, 0.25) is 5.28 Å². The lowest BCUT2D eigenvalue weighted by Gasteiger charge is -2.17. The highest BCUT2D eigenvalue weighted by Gasteiger charge is 2.12. The third-order valence-corrected chi connectivity index (χ3v) is 2.98. The van der Waals surface area contributed by atoms with Gasteiger partial charge in [0.05, 0.1) is 0 Å². The molecule has 0 saturated carbocycles. The number of hydrogen-bond acceptors (Lipinski definition) is 5. The van der Waals surface area contributed by atoms with Gasteiger partial charge in [-0.2, -0.15) is 15.0 Å². The molecular formula is C13H10ClFN6. The number of imidazole rings is 1. The van der Waals surface area contributed by atoms with Crippen molar-refractivity contribution in [1.82, 2.24) is 24.5 Å². The second-order valence-corrected chi connectivity index (χ2v) is 4.55. The van der Waals surface area contributed by atoms with E-state index in [9.17, 15) is 4.39 Å². The number of aromatic nitrogens is 5. The molecule has 0 unspecified atom stereocenters. The van der Waals surface area contributed by atoms with Crippen LogP contribution in [0, 0.1) is 5.82 Å². The molecule has 21 heavy (non-hydrogen) atoms. The summed E-state index contributed by atoms with van der Waals surface area (Å²) in [6.07, 6.45) is 4.85. The molecule has 0 saturated heterocycles. The van der Waals surface area contributed by atoms with Gasteiger partial charge in [-0.05, 0) is 29.8 Å². The summed E-state index contributed by atoms with van der Waals surface area (Å²) < 4.78 is 14.9. The number of nitrogens with zero attached hydrogens (tertiary/aromatic N) is 6. The van der Waals surface area contributed by atoms with Crippen LogP contribution < -0.4 is 4.90 Å². The molecule has 0 N–H and O–H groups in total. The van der Waals surface area contributed by atoms with Crippen LogP contribution in [0.1, 0.15) is 0 Å². The van der Waals surface area contributed by atoms with Gasteiger partial charge in [0.2, 0.25) is 17.2 Å². The number of anilines is 2. The molecular weight excluding hydrogens is 295 g/mol. The molecule has 8 heteroatoms. The van der Waals surface area contributed by atoms with E-state index in [4.69, 9.17) is 11.6 Å². The van der Waals surface area contributed by atoms with Gasteiger partial charge in [0.15, 0.2) is 0 Å². The Balaban J connectivity index is 2.02. The van der Waals surface area contributed by atoms with Gasteiger partial charge in [-0.25, -0.2) is 9.37 Å². The number of halogens is 2. The summed E-state index contributed by atoms with van der Waals surface area (Å²) in [7, 11) is 1.72. The van der Waals surface area contributed by atoms with Crippen molar-refractivity contribution >= 4 is 23.2 Å². The first-order chi connectivity index (χ1) is 10.1. The molecule has 0 amide bonds. The third-order valence-electron chi connectivity index (χ3n) is 2.82. The zero-order valence-electron chi connectivity index (χ0n) is 11.0. The van der Waals surface area contributed by atoms with Gasteiger partial charge in [-0.3, -0.25) is 4.57 Å². The van der Waals surface area contributed by atoms with Crippen molar-refractivity contribution in [3.05, 3.63) is 54.1 Å². The summed E-state index contributed by atoms with van der Waals surface area (Å²) in [6.45, 7) is 0. The quantitative estimate of drug-likeness (QED) is 0.744. The fourth-order valence-electron chi connectivity index (χ4n) is 1.77. The van der Waals surface area contributed by atoms with E-state index in [1.165, 1.54) is 12.1 Å². The first-order valence-electron chi connectivity index (χ1n) is 6.03. The topological polar surface area (TPSA) is 59.7 Å². The minimum absolute atomic E-state index is 0.0481. The zero-order chi connectivity index (χ0) is 14.8. The van der Waals surface area contributed by atoms with Crippen molar-refractivity contribution in [1.29, 1.82) is 0 Å². The Labute approximate surface area is 124 Å². The van der Waals surface area contributed by atoms with Crippen molar-refractivity contribution in [2.45, 2.75) is 0 Å². The maximum atomic E-state index is 13.3. The van der Waals surface area contributed by atoms with E-state index in [0.29, 0.717) is 17.6 Å². The Bertz CT molecular complexity index is 761. The van der Waals surface area contributed by atoms with Gasteiger partial charge in [0, 0.05) is 25.1 Å². The molecule has 0 aliphatic rings. The van der Waals surface area contributed by atoms with Crippen LogP contribution in [-0.4, -0.2) is 31.6 Å². The molecule has 6 nitrogen and oxygen atoms in total. The average molecular weight is 305 g/mol. The monoisotopic (exact) mass is 304 g/mol. The van der Waals surface area contributed by atoms with Gasteiger partial charge in [-0.15, -0.1) is 0 Å². The Morgan fingerprint density at radius 2 is 2.10 bits per heavy atom. The summed E-state index contributed by atoms with van der Waals surface area (Å²) in [5.41, 5.74) is 0.605. The summed E-state index contributed by atoms with van der Waals surface area (Å²) >= 11 is 5.93. The lowest BCUT2D eigenvalue weighted by molar-refractivity contribution is 0.628. The molecule has 2 heterocycles. The van der Waals surface area contributed by atoms with E-state index in [1.807, 2.05) is 0 Å². The predicted octanol–water partition coefficient (Wildman–Crippen LogP) is 2.62. The second-order valence-electron chi connectivity index (χ2n) is 4.21. The molecule has 2 aromatic heterocycles. The fraction of sp³-hybridized carbons (Fsp3) is 0.0769. The Kier molecular flexibility index (Phi) is 3.49. The van der Waals surface area contributed by atoms with Crippen molar-refractivity contribution in [2.75, 3.05) is 11.9 Å². The molecule has 0 aliphatic carbocycles. The molecule has 0 radical (unpaired) electrons. The number of rotatable bonds is 3. The Morgan fingerprint density at radius 3 is 2.81 bits per heavy atom. The number of benzene rings is 1. The minimum atomic E-state index is -0.339. The molecule has 0 fully saturated rings. The van der Waals surface area contributed by atoms with E-state index in [2.05, 4.69) is 19.9 Å². The van der Waals surface area contributed by atoms with Crippen molar-refractivity contribution in [3.63, 3.8) is 0 Å². The van der Waals surface area contributed by atoms with Crippen LogP contribution in [0.15, 0.2) is 43.0 Å². The van der Waals surface area contributed by atoms with Gasteiger partial charge < -0.3 is 4.90 Å². The average Bonchev–Trinajstić information content (AvgIpc) is 3.00. The Morgan fingerprint density at radius 1 is 1.24 bits per heavy atom. The fourth-order valence-corrected chi connectivity index (χ4v) is 1.92. The SMILES string of the molecule is CN(c1cccc(F)c1)c1nc(Cl)nc(-n2ccnc2)n1. The highest BCUT2D eigenvalue weighted by atomic mass is 35.5. The van der Waals surface area contributed by atoms with Crippen LogP contribution in [-0.2, 0) is 0 Å². The lowest BCUT2D eigenvalue weighted by atomic mass is 10.3. The van der Waals surface area contributed by atoms with Gasteiger partial charge >= 0.3 is 0 Å². The van der Waals surface area contributed by atoms with Gasteiger partial charge in [0.25, 0.3) is 0 Å². The van der Waals surface area contributed by atoms with E-state index >= 15 is 0 Å². The molecule has 1 aromatic carbocycles. The molecule has 0 spiro atoms. The van der Waals surface area contributed by atoms with E-state index < -0.39 is 0 Å². The molecule has 3 rings (SSSR count). The minimum Gasteiger partial charge on any atom is -0.313 e. The van der Waals surface area contributed by atoms with Crippen LogP contribution in [0.4, 0.5) is 16.0 Å².